The van der Waals surface area contributed by atoms with Crippen LogP contribution in [-0.4, -0.2) is 10.1 Å². The van der Waals surface area contributed by atoms with Gasteiger partial charge in [0.15, 0.2) is 0 Å². The molecule has 1 heterocycles. The molecule has 0 fully saturated rings. The molecule has 0 aliphatic rings. The minimum atomic E-state index is -0.0221. The highest BCUT2D eigenvalue weighted by molar-refractivity contribution is 9.10. The van der Waals surface area contributed by atoms with Gasteiger partial charge in [-0.25, -0.2) is 4.98 Å². The normalized spacial score (nSPS) is 10.3. The molecule has 0 saturated carbocycles. The maximum absolute atomic E-state index is 9.21. The van der Waals surface area contributed by atoms with Crippen molar-refractivity contribution in [3.05, 3.63) is 52.1 Å². The van der Waals surface area contributed by atoms with Crippen molar-refractivity contribution in [3.8, 4) is 0 Å². The number of pyridine rings is 1. The number of halogens is 1. The standard InChI is InChI=1S/C13H13BrN2O/c1-9-7-11(4-5-12(9)14)16-13-10(8-17)3-2-6-15-13/h2-7,17H,8H2,1H3,(H,15,16). The first-order valence-electron chi connectivity index (χ1n) is 5.28. The Balaban J connectivity index is 2.28. The van der Waals surface area contributed by atoms with Gasteiger partial charge in [0.25, 0.3) is 0 Å². The molecule has 1 aromatic heterocycles. The van der Waals surface area contributed by atoms with Crippen LogP contribution >= 0.6 is 15.9 Å². The second-order valence-electron chi connectivity index (χ2n) is 3.76. The fraction of sp³-hybridized carbons (Fsp3) is 0.154. The van der Waals surface area contributed by atoms with Crippen molar-refractivity contribution in [2.75, 3.05) is 5.32 Å². The molecule has 0 spiro atoms. The van der Waals surface area contributed by atoms with Gasteiger partial charge in [-0.05, 0) is 36.8 Å². The van der Waals surface area contributed by atoms with Gasteiger partial charge >= 0.3 is 0 Å². The summed E-state index contributed by atoms with van der Waals surface area (Å²) in [5.41, 5.74) is 2.89. The Morgan fingerprint density at radius 2 is 2.18 bits per heavy atom. The minimum Gasteiger partial charge on any atom is -0.392 e. The molecular formula is C13H13BrN2O. The number of nitrogens with one attached hydrogen (secondary N) is 1. The molecule has 2 N–H and O–H groups in total. The molecular weight excluding hydrogens is 280 g/mol. The van der Waals surface area contributed by atoms with E-state index in [0.29, 0.717) is 5.82 Å². The SMILES string of the molecule is Cc1cc(Nc2ncccc2CO)ccc1Br. The Kier molecular flexibility index (Phi) is 3.76. The van der Waals surface area contributed by atoms with Crippen molar-refractivity contribution >= 4 is 27.4 Å². The average Bonchev–Trinajstić information content (AvgIpc) is 2.34. The molecule has 3 nitrogen and oxygen atoms in total. The van der Waals surface area contributed by atoms with Crippen molar-refractivity contribution in [1.82, 2.24) is 4.98 Å². The van der Waals surface area contributed by atoms with Crippen molar-refractivity contribution in [1.29, 1.82) is 0 Å². The number of benzene rings is 1. The highest BCUT2D eigenvalue weighted by atomic mass is 79.9. The van der Waals surface area contributed by atoms with Crippen molar-refractivity contribution in [2.45, 2.75) is 13.5 Å². The van der Waals surface area contributed by atoms with E-state index in [1.165, 1.54) is 0 Å². The van der Waals surface area contributed by atoms with Gasteiger partial charge in [-0.2, -0.15) is 0 Å². The van der Waals surface area contributed by atoms with E-state index in [2.05, 4.69) is 26.2 Å². The summed E-state index contributed by atoms with van der Waals surface area (Å²) >= 11 is 3.46. The van der Waals surface area contributed by atoms with E-state index < -0.39 is 0 Å². The summed E-state index contributed by atoms with van der Waals surface area (Å²) in [4.78, 5) is 4.21. The summed E-state index contributed by atoms with van der Waals surface area (Å²) in [7, 11) is 0. The van der Waals surface area contributed by atoms with E-state index in [0.717, 1.165) is 21.3 Å². The highest BCUT2D eigenvalue weighted by Crippen LogP contribution is 2.23. The molecule has 2 aromatic rings. The van der Waals surface area contributed by atoms with Crippen molar-refractivity contribution in [2.24, 2.45) is 0 Å². The van der Waals surface area contributed by atoms with Crippen LogP contribution in [0.15, 0.2) is 41.0 Å². The monoisotopic (exact) mass is 292 g/mol. The summed E-state index contributed by atoms with van der Waals surface area (Å²) in [5, 5.41) is 12.4. The van der Waals surface area contributed by atoms with Crippen LogP contribution in [0.2, 0.25) is 0 Å². The van der Waals surface area contributed by atoms with Gasteiger partial charge in [-0.3, -0.25) is 0 Å². The maximum Gasteiger partial charge on any atom is 0.135 e. The first kappa shape index (κ1) is 12.1. The first-order valence-corrected chi connectivity index (χ1v) is 6.08. The predicted octanol–water partition coefficient (Wildman–Crippen LogP) is 3.39. The molecule has 2 rings (SSSR count). The van der Waals surface area contributed by atoms with Crippen LogP contribution in [0.4, 0.5) is 11.5 Å². The lowest BCUT2D eigenvalue weighted by Crippen LogP contribution is -1.98. The first-order chi connectivity index (χ1) is 8.20. The summed E-state index contributed by atoms with van der Waals surface area (Å²) in [5.74, 6) is 0.691. The molecule has 4 heteroatoms. The van der Waals surface area contributed by atoms with Gasteiger partial charge in [0.1, 0.15) is 5.82 Å². The van der Waals surface area contributed by atoms with E-state index >= 15 is 0 Å². The average molecular weight is 293 g/mol. The predicted molar refractivity (Wildman–Crippen MR) is 72.3 cm³/mol. The van der Waals surface area contributed by atoms with Crippen molar-refractivity contribution < 1.29 is 5.11 Å². The molecule has 0 atom stereocenters. The van der Waals surface area contributed by atoms with Gasteiger partial charge in [-0.15, -0.1) is 0 Å². The topological polar surface area (TPSA) is 45.2 Å². The fourth-order valence-electron chi connectivity index (χ4n) is 1.54. The smallest absolute Gasteiger partial charge is 0.135 e. The van der Waals surface area contributed by atoms with Gasteiger partial charge in [-0.1, -0.05) is 22.0 Å². The lowest BCUT2D eigenvalue weighted by atomic mass is 10.2. The third-order valence-corrected chi connectivity index (χ3v) is 3.37. The van der Waals surface area contributed by atoms with E-state index in [4.69, 9.17) is 0 Å². The molecule has 0 unspecified atom stereocenters. The maximum atomic E-state index is 9.21. The fourth-order valence-corrected chi connectivity index (χ4v) is 1.78. The Morgan fingerprint density at radius 3 is 2.88 bits per heavy atom. The van der Waals surface area contributed by atoms with Gasteiger partial charge in [0, 0.05) is 21.9 Å². The Bertz CT molecular complexity index is 529. The zero-order valence-electron chi connectivity index (χ0n) is 9.44. The number of hydrogen-bond donors (Lipinski definition) is 2. The third kappa shape index (κ3) is 2.84. The summed E-state index contributed by atoms with van der Waals surface area (Å²) in [6.45, 7) is 2.01. The third-order valence-electron chi connectivity index (χ3n) is 2.48. The minimum absolute atomic E-state index is 0.0221. The van der Waals surface area contributed by atoms with Gasteiger partial charge < -0.3 is 10.4 Å². The van der Waals surface area contributed by atoms with Crippen LogP contribution in [0.25, 0.3) is 0 Å². The zero-order chi connectivity index (χ0) is 12.3. The largest absolute Gasteiger partial charge is 0.392 e. The molecule has 0 saturated heterocycles. The number of aromatic nitrogens is 1. The van der Waals surface area contributed by atoms with E-state index in [1.54, 1.807) is 6.20 Å². The second-order valence-corrected chi connectivity index (χ2v) is 4.61. The number of aryl methyl sites for hydroxylation is 1. The van der Waals surface area contributed by atoms with E-state index in [1.807, 2.05) is 37.3 Å². The number of anilines is 2. The lowest BCUT2D eigenvalue weighted by molar-refractivity contribution is 0.282. The van der Waals surface area contributed by atoms with E-state index in [9.17, 15) is 5.11 Å². The Labute approximate surface area is 109 Å². The molecule has 0 bridgehead atoms. The zero-order valence-corrected chi connectivity index (χ0v) is 11.0. The molecule has 17 heavy (non-hydrogen) atoms. The number of nitrogens with zero attached hydrogens (tertiary/aromatic N) is 1. The van der Waals surface area contributed by atoms with Crippen LogP contribution in [0, 0.1) is 6.92 Å². The summed E-state index contributed by atoms with van der Waals surface area (Å²) in [6.07, 6.45) is 1.70. The Morgan fingerprint density at radius 1 is 1.35 bits per heavy atom. The summed E-state index contributed by atoms with van der Waals surface area (Å²) in [6, 6.07) is 9.64. The number of aliphatic hydroxyl groups is 1. The van der Waals surface area contributed by atoms with Crippen LogP contribution in [0.1, 0.15) is 11.1 Å². The molecule has 1 aromatic carbocycles. The quantitative estimate of drug-likeness (QED) is 0.911. The van der Waals surface area contributed by atoms with Crippen molar-refractivity contribution in [3.63, 3.8) is 0 Å². The van der Waals surface area contributed by atoms with E-state index in [-0.39, 0.29) is 6.61 Å². The summed E-state index contributed by atoms with van der Waals surface area (Å²) < 4.78 is 1.08. The number of hydrogen-bond acceptors (Lipinski definition) is 3. The van der Waals surface area contributed by atoms with Crippen LogP contribution in [0.3, 0.4) is 0 Å². The Hall–Kier alpha value is -1.39. The lowest BCUT2D eigenvalue weighted by Gasteiger charge is -2.10. The molecule has 0 aliphatic heterocycles. The van der Waals surface area contributed by atoms with Gasteiger partial charge in [0.05, 0.1) is 6.61 Å². The molecule has 0 radical (unpaired) electrons. The highest BCUT2D eigenvalue weighted by Gasteiger charge is 2.03. The second kappa shape index (κ2) is 5.29. The van der Waals surface area contributed by atoms with Crippen LogP contribution in [-0.2, 0) is 6.61 Å². The number of aliphatic hydroxyl groups excluding tert-OH is 1. The molecule has 88 valence electrons. The number of rotatable bonds is 3. The van der Waals surface area contributed by atoms with Crippen LogP contribution < -0.4 is 5.32 Å². The molecule has 0 amide bonds. The molecule has 0 aliphatic carbocycles. The van der Waals surface area contributed by atoms with Gasteiger partial charge in [0.2, 0.25) is 0 Å². The van der Waals surface area contributed by atoms with Crippen LogP contribution in [0.5, 0.6) is 0 Å².